The number of aromatic nitrogens is 2. The molecule has 25 heavy (non-hydrogen) atoms. The Kier molecular flexibility index (Phi) is 4.53. The Labute approximate surface area is 148 Å². The predicted molar refractivity (Wildman–Crippen MR) is 98.4 cm³/mol. The molecule has 1 aliphatic rings. The van der Waals surface area contributed by atoms with E-state index in [4.69, 9.17) is 0 Å². The predicted octanol–water partition coefficient (Wildman–Crippen LogP) is 3.80. The lowest BCUT2D eigenvalue weighted by molar-refractivity contribution is 0.433. The van der Waals surface area contributed by atoms with Gasteiger partial charge in [-0.15, -0.1) is 0 Å². The van der Waals surface area contributed by atoms with Gasteiger partial charge in [-0.1, -0.05) is 48.5 Å². The van der Waals surface area contributed by atoms with Gasteiger partial charge in [-0.25, -0.2) is 0 Å². The van der Waals surface area contributed by atoms with Gasteiger partial charge in [-0.2, -0.15) is 5.10 Å². The third-order valence-electron chi connectivity index (χ3n) is 4.97. The van der Waals surface area contributed by atoms with Crippen LogP contribution in [0.15, 0.2) is 60.8 Å². The van der Waals surface area contributed by atoms with E-state index in [9.17, 15) is 5.11 Å². The maximum Gasteiger partial charge on any atom is 0.120 e. The summed E-state index contributed by atoms with van der Waals surface area (Å²) in [6.07, 6.45) is 5.36. The summed E-state index contributed by atoms with van der Waals surface area (Å²) in [6, 6.07) is 18.3. The van der Waals surface area contributed by atoms with E-state index >= 15 is 0 Å². The van der Waals surface area contributed by atoms with Gasteiger partial charge in [-0.3, -0.25) is 4.68 Å². The lowest BCUT2D eigenvalue weighted by Gasteiger charge is -2.24. The van der Waals surface area contributed by atoms with E-state index < -0.39 is 0 Å². The molecule has 0 fully saturated rings. The van der Waals surface area contributed by atoms with E-state index in [2.05, 4.69) is 39.4 Å². The summed E-state index contributed by atoms with van der Waals surface area (Å²) in [6.45, 7) is 1.49. The van der Waals surface area contributed by atoms with Crippen molar-refractivity contribution in [1.82, 2.24) is 15.1 Å². The molecule has 3 aromatic rings. The highest BCUT2D eigenvalue weighted by atomic mass is 16.3. The lowest BCUT2D eigenvalue weighted by Crippen LogP contribution is -2.25. The van der Waals surface area contributed by atoms with Crippen LogP contribution < -0.4 is 5.32 Å². The zero-order valence-corrected chi connectivity index (χ0v) is 14.2. The molecule has 0 aliphatic heterocycles. The Morgan fingerprint density at radius 1 is 1.08 bits per heavy atom. The van der Waals surface area contributed by atoms with Crippen LogP contribution in [0, 0.1) is 0 Å². The molecule has 0 bridgehead atoms. The number of phenols is 1. The van der Waals surface area contributed by atoms with E-state index in [1.807, 2.05) is 30.5 Å². The summed E-state index contributed by atoms with van der Waals surface area (Å²) >= 11 is 0. The minimum absolute atomic E-state index is 0.299. The van der Waals surface area contributed by atoms with Gasteiger partial charge < -0.3 is 10.4 Å². The number of fused-ring (bicyclic) bond motifs is 1. The van der Waals surface area contributed by atoms with Crippen molar-refractivity contribution in [2.45, 2.75) is 38.4 Å². The van der Waals surface area contributed by atoms with Gasteiger partial charge in [0.05, 0.1) is 12.7 Å². The highest BCUT2D eigenvalue weighted by molar-refractivity contribution is 5.32. The number of phenolic OH excluding ortho intramolecular Hbond substituents is 1. The maximum absolute atomic E-state index is 9.95. The number of hydrogen-bond donors (Lipinski definition) is 2. The van der Waals surface area contributed by atoms with E-state index in [0.717, 1.165) is 31.4 Å². The molecule has 1 atom stereocenters. The number of aromatic hydroxyl groups is 1. The van der Waals surface area contributed by atoms with Crippen molar-refractivity contribution in [3.05, 3.63) is 83.2 Å². The first-order chi connectivity index (χ1) is 12.3. The van der Waals surface area contributed by atoms with Crippen molar-refractivity contribution in [3.63, 3.8) is 0 Å². The van der Waals surface area contributed by atoms with Crippen molar-refractivity contribution < 1.29 is 5.11 Å². The standard InChI is InChI=1S/C21H23N3O/c25-21-12-5-4-9-17(21)13-22-19-10-6-11-20-18(19)14-23-24(20)15-16-7-2-1-3-8-16/h1-5,7-9,12,14,19,22,25H,6,10-11,13,15H2/t19-/m1/s1. The van der Waals surface area contributed by atoms with Gasteiger partial charge in [-0.05, 0) is 30.9 Å². The van der Waals surface area contributed by atoms with Crippen LogP contribution in [0.5, 0.6) is 5.75 Å². The van der Waals surface area contributed by atoms with Crippen molar-refractivity contribution in [3.8, 4) is 5.75 Å². The van der Waals surface area contributed by atoms with Gasteiger partial charge in [0.1, 0.15) is 5.75 Å². The van der Waals surface area contributed by atoms with Gasteiger partial charge in [0, 0.05) is 29.4 Å². The van der Waals surface area contributed by atoms with Crippen molar-refractivity contribution >= 4 is 0 Å². The highest BCUT2D eigenvalue weighted by Crippen LogP contribution is 2.30. The topological polar surface area (TPSA) is 50.1 Å². The Bertz CT molecular complexity index is 841. The third-order valence-corrected chi connectivity index (χ3v) is 4.97. The van der Waals surface area contributed by atoms with Crippen LogP contribution in [0.25, 0.3) is 0 Å². The molecular weight excluding hydrogens is 310 g/mol. The second-order valence-corrected chi connectivity index (χ2v) is 6.64. The molecule has 1 aromatic heterocycles. The van der Waals surface area contributed by atoms with Crippen molar-refractivity contribution in [2.75, 3.05) is 0 Å². The molecule has 0 radical (unpaired) electrons. The molecule has 0 amide bonds. The number of rotatable bonds is 5. The molecule has 0 unspecified atom stereocenters. The normalized spacial score (nSPS) is 16.6. The van der Waals surface area contributed by atoms with E-state index in [0.29, 0.717) is 18.3 Å². The molecule has 0 saturated heterocycles. The number of nitrogens with one attached hydrogen (secondary N) is 1. The number of hydrogen-bond acceptors (Lipinski definition) is 3. The third kappa shape index (κ3) is 3.44. The fraction of sp³-hybridized carbons (Fsp3) is 0.286. The largest absolute Gasteiger partial charge is 0.508 e. The minimum atomic E-state index is 0.299. The zero-order chi connectivity index (χ0) is 17.1. The van der Waals surface area contributed by atoms with Gasteiger partial charge in [0.15, 0.2) is 0 Å². The molecule has 0 spiro atoms. The van der Waals surface area contributed by atoms with Crippen molar-refractivity contribution in [1.29, 1.82) is 0 Å². The van der Waals surface area contributed by atoms with Crippen LogP contribution in [0.3, 0.4) is 0 Å². The number of nitrogens with zero attached hydrogens (tertiary/aromatic N) is 2. The zero-order valence-electron chi connectivity index (χ0n) is 14.2. The van der Waals surface area contributed by atoms with E-state index in [1.54, 1.807) is 6.07 Å². The van der Waals surface area contributed by atoms with Crippen LogP contribution in [-0.2, 0) is 19.5 Å². The molecule has 128 valence electrons. The Balaban J connectivity index is 1.50. The first-order valence-corrected chi connectivity index (χ1v) is 8.90. The quantitative estimate of drug-likeness (QED) is 0.746. The lowest BCUT2D eigenvalue weighted by atomic mass is 9.92. The second kappa shape index (κ2) is 7.11. The molecule has 4 nitrogen and oxygen atoms in total. The monoisotopic (exact) mass is 333 g/mol. The molecule has 4 rings (SSSR count). The second-order valence-electron chi connectivity index (χ2n) is 6.64. The van der Waals surface area contributed by atoms with Crippen LogP contribution in [0.2, 0.25) is 0 Å². The summed E-state index contributed by atoms with van der Waals surface area (Å²) in [7, 11) is 0. The van der Waals surface area contributed by atoms with E-state index in [-0.39, 0.29) is 0 Å². The molecule has 4 heteroatoms. The number of para-hydroxylation sites is 1. The SMILES string of the molecule is Oc1ccccc1CN[C@@H]1CCCc2c1cnn2Cc1ccccc1. The van der Waals surface area contributed by atoms with Gasteiger partial charge in [0.2, 0.25) is 0 Å². The molecule has 2 N–H and O–H groups in total. The van der Waals surface area contributed by atoms with Crippen LogP contribution in [0.4, 0.5) is 0 Å². The molecule has 1 aliphatic carbocycles. The Morgan fingerprint density at radius 3 is 2.72 bits per heavy atom. The fourth-order valence-corrected chi connectivity index (χ4v) is 3.62. The summed E-state index contributed by atoms with van der Waals surface area (Å²) in [5.41, 5.74) is 4.85. The van der Waals surface area contributed by atoms with Gasteiger partial charge >= 0.3 is 0 Å². The average molecular weight is 333 g/mol. The Morgan fingerprint density at radius 2 is 1.88 bits per heavy atom. The maximum atomic E-state index is 9.95. The first-order valence-electron chi connectivity index (χ1n) is 8.90. The molecule has 1 heterocycles. The van der Waals surface area contributed by atoms with Crippen LogP contribution in [-0.4, -0.2) is 14.9 Å². The van der Waals surface area contributed by atoms with Crippen LogP contribution >= 0.6 is 0 Å². The van der Waals surface area contributed by atoms with E-state index in [1.165, 1.54) is 16.8 Å². The summed E-state index contributed by atoms with van der Waals surface area (Å²) in [5.74, 6) is 0.353. The van der Waals surface area contributed by atoms with Crippen molar-refractivity contribution in [2.24, 2.45) is 0 Å². The average Bonchev–Trinajstić information content (AvgIpc) is 3.05. The Hall–Kier alpha value is -2.59. The summed E-state index contributed by atoms with van der Waals surface area (Å²) in [4.78, 5) is 0. The highest BCUT2D eigenvalue weighted by Gasteiger charge is 2.24. The molecular formula is C21H23N3O. The minimum Gasteiger partial charge on any atom is -0.508 e. The van der Waals surface area contributed by atoms with Gasteiger partial charge in [0.25, 0.3) is 0 Å². The summed E-state index contributed by atoms with van der Waals surface area (Å²) in [5, 5.41) is 18.2. The smallest absolute Gasteiger partial charge is 0.120 e. The first kappa shape index (κ1) is 15.9. The number of benzene rings is 2. The fourth-order valence-electron chi connectivity index (χ4n) is 3.62. The molecule has 2 aromatic carbocycles. The van der Waals surface area contributed by atoms with Crippen LogP contribution in [0.1, 0.15) is 41.3 Å². The summed E-state index contributed by atoms with van der Waals surface area (Å²) < 4.78 is 2.14. The molecule has 0 saturated carbocycles.